The van der Waals surface area contributed by atoms with E-state index < -0.39 is 24.3 Å². The Balaban J connectivity index is 2.49. The summed E-state index contributed by atoms with van der Waals surface area (Å²) in [6, 6.07) is 3.32. The van der Waals surface area contributed by atoms with Crippen molar-refractivity contribution in [3.05, 3.63) is 34.3 Å². The molecule has 1 aliphatic heterocycles. The first-order valence-corrected chi connectivity index (χ1v) is 8.78. The van der Waals surface area contributed by atoms with E-state index in [1.165, 1.54) is 13.0 Å². The number of aromatic carboxylic acids is 1. The van der Waals surface area contributed by atoms with Crippen molar-refractivity contribution in [1.82, 2.24) is 5.32 Å². The van der Waals surface area contributed by atoms with Crippen molar-refractivity contribution in [2.75, 3.05) is 12.3 Å². The van der Waals surface area contributed by atoms with Crippen LogP contribution in [0.2, 0.25) is 0 Å². The lowest BCUT2D eigenvalue weighted by Gasteiger charge is -2.32. The largest absolute Gasteiger partial charge is 0.492 e. The first-order valence-electron chi connectivity index (χ1n) is 8.78. The minimum absolute atomic E-state index is 0.0362. The fourth-order valence-electron chi connectivity index (χ4n) is 2.75. The minimum atomic E-state index is -1.09. The number of carboxylic acids is 1. The van der Waals surface area contributed by atoms with Gasteiger partial charge in [0.25, 0.3) is 0 Å². The lowest BCUT2D eigenvalue weighted by atomic mass is 9.76. The summed E-state index contributed by atoms with van der Waals surface area (Å²) in [6.07, 6.45) is 1.73. The molecule has 1 heterocycles. The number of carboxylic acid groups (broad SMARTS) is 1. The summed E-state index contributed by atoms with van der Waals surface area (Å²) in [6.45, 7) is 11.2. The Hall–Kier alpha value is -2.32. The van der Waals surface area contributed by atoms with Crippen LogP contribution in [-0.4, -0.2) is 41.8 Å². The summed E-state index contributed by atoms with van der Waals surface area (Å²) in [5, 5.41) is 12.1. The maximum atomic E-state index is 11.4. The molecule has 0 aromatic heterocycles. The molecule has 0 radical (unpaired) electrons. The maximum Gasteiger partial charge on any atom is 0.492 e. The first kappa shape index (κ1) is 21.0. The van der Waals surface area contributed by atoms with Crippen LogP contribution in [0.1, 0.15) is 56.1 Å². The van der Waals surface area contributed by atoms with Gasteiger partial charge in [-0.25, -0.2) is 4.79 Å². The number of carbonyl (C=O) groups excluding carboxylic acids is 1. The third-order valence-electron chi connectivity index (χ3n) is 5.03. The second-order valence-electron chi connectivity index (χ2n) is 7.84. The van der Waals surface area contributed by atoms with Crippen molar-refractivity contribution in [3.8, 4) is 0 Å². The van der Waals surface area contributed by atoms with Gasteiger partial charge in [0, 0.05) is 13.5 Å². The summed E-state index contributed by atoms with van der Waals surface area (Å²) in [5.74, 6) is -1.29. The number of amides is 1. The van der Waals surface area contributed by atoms with Crippen LogP contribution in [0.5, 0.6) is 0 Å². The third kappa shape index (κ3) is 4.51. The number of anilines is 1. The standard InChI is InChI=1S/C19H27BN2O5/c1-11-7-13(16(21)15(8-11)17(24)25)9-14(10-22-12(2)23)20-26-18(3,4)19(5,6)27-20/h7-9H,10,21H2,1-6H3,(H,22,23)(H,24,25). The van der Waals surface area contributed by atoms with Gasteiger partial charge in [-0.2, -0.15) is 0 Å². The third-order valence-corrected chi connectivity index (χ3v) is 5.03. The van der Waals surface area contributed by atoms with Crippen LogP contribution in [0, 0.1) is 6.92 Å². The molecule has 146 valence electrons. The molecule has 0 saturated carbocycles. The molecule has 0 bridgehead atoms. The fraction of sp³-hybridized carbons (Fsp3) is 0.474. The molecule has 0 atom stereocenters. The van der Waals surface area contributed by atoms with Crippen molar-refractivity contribution >= 4 is 30.8 Å². The Labute approximate surface area is 160 Å². The number of benzene rings is 1. The number of rotatable bonds is 5. The molecule has 1 saturated heterocycles. The van der Waals surface area contributed by atoms with Crippen molar-refractivity contribution in [1.29, 1.82) is 0 Å². The molecule has 4 N–H and O–H groups in total. The lowest BCUT2D eigenvalue weighted by molar-refractivity contribution is -0.118. The second-order valence-corrected chi connectivity index (χ2v) is 7.84. The van der Waals surface area contributed by atoms with Gasteiger partial charge in [0.2, 0.25) is 5.91 Å². The Morgan fingerprint density at radius 2 is 1.78 bits per heavy atom. The van der Waals surface area contributed by atoms with Gasteiger partial charge in [0.1, 0.15) is 0 Å². The molecule has 0 unspecified atom stereocenters. The quantitative estimate of drug-likeness (QED) is 0.539. The smallest absolute Gasteiger partial charge is 0.478 e. The predicted molar refractivity (Wildman–Crippen MR) is 105 cm³/mol. The van der Waals surface area contributed by atoms with Gasteiger partial charge in [0.05, 0.1) is 22.5 Å². The molecule has 0 aliphatic carbocycles. The average molecular weight is 374 g/mol. The highest BCUT2D eigenvalue weighted by Crippen LogP contribution is 2.39. The Bertz CT molecular complexity index is 786. The zero-order chi connectivity index (χ0) is 20.6. The van der Waals surface area contributed by atoms with Crippen LogP contribution in [0.4, 0.5) is 5.69 Å². The molecule has 1 aromatic carbocycles. The number of carbonyl (C=O) groups is 2. The van der Waals surface area contributed by atoms with Crippen molar-refractivity contribution in [2.24, 2.45) is 0 Å². The van der Waals surface area contributed by atoms with Crippen LogP contribution in [0.15, 0.2) is 17.6 Å². The van der Waals surface area contributed by atoms with Gasteiger partial charge in [-0.1, -0.05) is 6.08 Å². The van der Waals surface area contributed by atoms with E-state index in [2.05, 4.69) is 5.32 Å². The van der Waals surface area contributed by atoms with Crippen molar-refractivity contribution < 1.29 is 24.0 Å². The SMILES string of the molecule is CC(=O)NCC(=Cc1cc(C)cc(C(=O)O)c1N)B1OC(C)(C)C(C)(C)O1. The van der Waals surface area contributed by atoms with Crippen LogP contribution >= 0.6 is 0 Å². The highest BCUT2D eigenvalue weighted by Gasteiger charge is 2.52. The second kappa shape index (κ2) is 7.36. The average Bonchev–Trinajstić information content (AvgIpc) is 2.74. The zero-order valence-electron chi connectivity index (χ0n) is 16.7. The number of nitrogens with two attached hydrogens (primary N) is 1. The molecule has 1 amide bonds. The van der Waals surface area contributed by atoms with Gasteiger partial charge in [-0.3, -0.25) is 4.79 Å². The fourth-order valence-corrected chi connectivity index (χ4v) is 2.75. The van der Waals surface area contributed by atoms with Gasteiger partial charge in [0.15, 0.2) is 0 Å². The molecule has 1 aliphatic rings. The maximum absolute atomic E-state index is 11.4. The van der Waals surface area contributed by atoms with Crippen molar-refractivity contribution in [3.63, 3.8) is 0 Å². The molecule has 27 heavy (non-hydrogen) atoms. The predicted octanol–water partition coefficient (Wildman–Crippen LogP) is 2.43. The van der Waals surface area contributed by atoms with Crippen LogP contribution in [0.25, 0.3) is 6.08 Å². The number of hydrogen-bond donors (Lipinski definition) is 3. The Morgan fingerprint density at radius 3 is 2.26 bits per heavy atom. The van der Waals surface area contributed by atoms with Crippen molar-refractivity contribution in [2.45, 2.75) is 52.7 Å². The molecule has 0 spiro atoms. The van der Waals surface area contributed by atoms with Gasteiger partial charge < -0.3 is 25.5 Å². The van der Waals surface area contributed by atoms with E-state index in [1.54, 1.807) is 19.1 Å². The van der Waals surface area contributed by atoms with E-state index in [9.17, 15) is 14.7 Å². The highest BCUT2D eigenvalue weighted by molar-refractivity contribution is 6.56. The highest BCUT2D eigenvalue weighted by atomic mass is 16.7. The van der Waals surface area contributed by atoms with E-state index in [0.717, 1.165) is 5.56 Å². The molecule has 8 heteroatoms. The Kier molecular flexibility index (Phi) is 5.72. The van der Waals surface area contributed by atoms with Gasteiger partial charge in [-0.15, -0.1) is 0 Å². The minimum Gasteiger partial charge on any atom is -0.478 e. The number of hydrogen-bond acceptors (Lipinski definition) is 5. The van der Waals surface area contributed by atoms with Crippen LogP contribution in [0.3, 0.4) is 0 Å². The summed E-state index contributed by atoms with van der Waals surface area (Å²) in [7, 11) is -0.685. The number of aryl methyl sites for hydroxylation is 1. The normalized spacial score (nSPS) is 18.4. The molecule has 2 rings (SSSR count). The molecular formula is C19H27BN2O5. The Morgan fingerprint density at radius 1 is 1.22 bits per heavy atom. The summed E-state index contributed by atoms with van der Waals surface area (Å²) in [5.41, 5.74) is 7.13. The van der Waals surface area contributed by atoms with E-state index in [4.69, 9.17) is 15.0 Å². The summed E-state index contributed by atoms with van der Waals surface area (Å²) < 4.78 is 12.2. The molecule has 1 aromatic rings. The zero-order valence-corrected chi connectivity index (χ0v) is 16.7. The number of nitrogens with one attached hydrogen (secondary N) is 1. The van der Waals surface area contributed by atoms with Crippen LogP contribution < -0.4 is 11.1 Å². The van der Waals surface area contributed by atoms with E-state index in [0.29, 0.717) is 11.0 Å². The van der Waals surface area contributed by atoms with Gasteiger partial charge in [-0.05, 0) is 63.4 Å². The van der Waals surface area contributed by atoms with Gasteiger partial charge >= 0.3 is 13.1 Å². The first-order chi connectivity index (χ1) is 12.3. The van der Waals surface area contributed by atoms with E-state index in [-0.39, 0.29) is 23.7 Å². The van der Waals surface area contributed by atoms with E-state index in [1.807, 2.05) is 27.7 Å². The van der Waals surface area contributed by atoms with Crippen LogP contribution in [-0.2, 0) is 14.1 Å². The monoisotopic (exact) mass is 374 g/mol. The lowest BCUT2D eigenvalue weighted by Crippen LogP contribution is -2.41. The number of nitrogen functional groups attached to an aromatic ring is 1. The molecule has 7 nitrogen and oxygen atoms in total. The summed E-state index contributed by atoms with van der Waals surface area (Å²) >= 11 is 0. The molecular weight excluding hydrogens is 347 g/mol. The van der Waals surface area contributed by atoms with E-state index >= 15 is 0 Å². The molecule has 1 fully saturated rings. The summed E-state index contributed by atoms with van der Waals surface area (Å²) in [4.78, 5) is 22.9. The topological polar surface area (TPSA) is 111 Å².